The number of halogens is 1. The number of nitrogen functional groups attached to an aromatic ring is 1. The number of anilines is 2. The number of piperazine rings is 1. The first-order valence-electron chi connectivity index (χ1n) is 12.3. The Morgan fingerprint density at radius 3 is 2.35 bits per heavy atom. The Morgan fingerprint density at radius 2 is 1.73 bits per heavy atom. The minimum absolute atomic E-state index is 0.123. The number of nitro benzene ring substituents is 1. The van der Waals surface area contributed by atoms with Gasteiger partial charge in [0.2, 0.25) is 11.8 Å². The van der Waals surface area contributed by atoms with E-state index in [1.807, 2.05) is 0 Å². The van der Waals surface area contributed by atoms with Crippen LogP contribution < -0.4 is 16.0 Å². The van der Waals surface area contributed by atoms with Crippen LogP contribution >= 0.6 is 0 Å². The summed E-state index contributed by atoms with van der Waals surface area (Å²) in [5.74, 6) is -1.57. The van der Waals surface area contributed by atoms with E-state index < -0.39 is 32.5 Å². The SMILES string of the molecule is CS(=O)(=O)c1cc(F)ccc1N1CCN(C(=O)C(NC(=O)Cc2cc([N+](=O)[O-])ccc2N)c2ccccc2)CC1. The van der Waals surface area contributed by atoms with Crippen LogP contribution in [0.1, 0.15) is 17.2 Å². The van der Waals surface area contributed by atoms with Crippen molar-refractivity contribution < 1.29 is 27.3 Å². The third kappa shape index (κ3) is 6.54. The van der Waals surface area contributed by atoms with Crippen LogP contribution in [0.15, 0.2) is 71.6 Å². The molecule has 11 nitrogen and oxygen atoms in total. The van der Waals surface area contributed by atoms with Crippen LogP contribution in [-0.2, 0) is 25.8 Å². The predicted molar refractivity (Wildman–Crippen MR) is 147 cm³/mol. The summed E-state index contributed by atoms with van der Waals surface area (Å²) in [5.41, 5.74) is 7.11. The summed E-state index contributed by atoms with van der Waals surface area (Å²) in [5, 5.41) is 13.9. The van der Waals surface area contributed by atoms with E-state index in [2.05, 4.69) is 5.32 Å². The number of nitrogens with zero attached hydrogens (tertiary/aromatic N) is 3. The first kappa shape index (κ1) is 28.5. The summed E-state index contributed by atoms with van der Waals surface area (Å²) in [6, 6.07) is 15.1. The van der Waals surface area contributed by atoms with E-state index in [0.29, 0.717) is 24.3 Å². The zero-order chi connectivity index (χ0) is 29.0. The minimum Gasteiger partial charge on any atom is -0.398 e. The fraction of sp³-hybridized carbons (Fsp3) is 0.259. The lowest BCUT2D eigenvalue weighted by molar-refractivity contribution is -0.384. The normalized spacial score (nSPS) is 14.4. The first-order chi connectivity index (χ1) is 18.9. The predicted octanol–water partition coefficient (Wildman–Crippen LogP) is 2.47. The molecule has 1 atom stereocenters. The highest BCUT2D eigenvalue weighted by atomic mass is 32.2. The Morgan fingerprint density at radius 1 is 1.05 bits per heavy atom. The molecule has 3 N–H and O–H groups in total. The van der Waals surface area contributed by atoms with Crippen molar-refractivity contribution in [1.82, 2.24) is 10.2 Å². The Kier molecular flexibility index (Phi) is 8.33. The van der Waals surface area contributed by atoms with Crippen LogP contribution in [-0.4, -0.2) is 62.5 Å². The Balaban J connectivity index is 1.50. The number of nitrogens with one attached hydrogen (secondary N) is 1. The van der Waals surface area contributed by atoms with Crippen molar-refractivity contribution in [3.05, 3.63) is 93.8 Å². The lowest BCUT2D eigenvalue weighted by Crippen LogP contribution is -2.52. The Bertz CT molecular complexity index is 1540. The maximum absolute atomic E-state index is 13.8. The van der Waals surface area contributed by atoms with Gasteiger partial charge in [0.15, 0.2) is 9.84 Å². The zero-order valence-corrected chi connectivity index (χ0v) is 22.4. The van der Waals surface area contributed by atoms with Crippen LogP contribution in [0.25, 0.3) is 0 Å². The van der Waals surface area contributed by atoms with E-state index in [4.69, 9.17) is 5.73 Å². The van der Waals surface area contributed by atoms with E-state index in [1.54, 1.807) is 40.1 Å². The van der Waals surface area contributed by atoms with Crippen LogP contribution in [0.2, 0.25) is 0 Å². The van der Waals surface area contributed by atoms with Gasteiger partial charge >= 0.3 is 0 Å². The third-order valence-electron chi connectivity index (χ3n) is 6.63. The number of hydrogen-bond acceptors (Lipinski definition) is 8. The number of benzene rings is 3. The van der Waals surface area contributed by atoms with Gasteiger partial charge in [0.05, 0.1) is 21.9 Å². The van der Waals surface area contributed by atoms with Crippen LogP contribution in [0.3, 0.4) is 0 Å². The third-order valence-corrected chi connectivity index (χ3v) is 7.75. The van der Waals surface area contributed by atoms with Crippen molar-refractivity contribution in [1.29, 1.82) is 0 Å². The number of hydrogen-bond donors (Lipinski definition) is 2. The van der Waals surface area contributed by atoms with Gasteiger partial charge in [-0.15, -0.1) is 0 Å². The largest absolute Gasteiger partial charge is 0.398 e. The summed E-state index contributed by atoms with van der Waals surface area (Å²) < 4.78 is 38.2. The summed E-state index contributed by atoms with van der Waals surface area (Å²) in [6.07, 6.45) is 0.746. The number of nitro groups is 1. The molecule has 13 heteroatoms. The van der Waals surface area contributed by atoms with Gasteiger partial charge in [-0.2, -0.15) is 0 Å². The van der Waals surface area contributed by atoms with Gasteiger partial charge in [0, 0.05) is 50.3 Å². The molecule has 3 aromatic carbocycles. The second-order valence-corrected chi connectivity index (χ2v) is 11.4. The first-order valence-corrected chi connectivity index (χ1v) is 14.2. The van der Waals surface area contributed by atoms with Gasteiger partial charge in [-0.05, 0) is 35.4 Å². The van der Waals surface area contributed by atoms with Crippen LogP contribution in [0, 0.1) is 15.9 Å². The molecule has 1 aliphatic rings. The highest BCUT2D eigenvalue weighted by Gasteiger charge is 2.31. The average Bonchev–Trinajstić information content (AvgIpc) is 2.92. The summed E-state index contributed by atoms with van der Waals surface area (Å²) in [7, 11) is -3.69. The molecule has 0 spiro atoms. The number of amides is 2. The molecule has 3 aromatic rings. The second-order valence-electron chi connectivity index (χ2n) is 9.42. The number of sulfone groups is 1. The van der Waals surface area contributed by atoms with E-state index in [1.165, 1.54) is 30.3 Å². The van der Waals surface area contributed by atoms with Crippen LogP contribution in [0.4, 0.5) is 21.5 Å². The summed E-state index contributed by atoms with van der Waals surface area (Å²) in [6.45, 7) is 1.05. The molecular weight excluding hydrogens is 541 g/mol. The van der Waals surface area contributed by atoms with E-state index in [0.717, 1.165) is 12.3 Å². The van der Waals surface area contributed by atoms with Gasteiger partial charge in [0.1, 0.15) is 11.9 Å². The number of nitrogens with two attached hydrogens (primary N) is 1. The van der Waals surface area contributed by atoms with Gasteiger partial charge in [0.25, 0.3) is 5.69 Å². The van der Waals surface area contributed by atoms with Crippen molar-refractivity contribution >= 4 is 38.7 Å². The number of carbonyl (C=O) groups is 2. The van der Waals surface area contributed by atoms with E-state index in [-0.39, 0.29) is 47.3 Å². The topological polar surface area (TPSA) is 156 Å². The molecule has 0 saturated carbocycles. The molecule has 1 unspecified atom stereocenters. The lowest BCUT2D eigenvalue weighted by Gasteiger charge is -2.38. The molecule has 1 aliphatic heterocycles. The second kappa shape index (κ2) is 11.7. The van der Waals surface area contributed by atoms with E-state index in [9.17, 15) is 32.5 Å². The summed E-state index contributed by atoms with van der Waals surface area (Å²) >= 11 is 0. The molecule has 1 fully saturated rings. The lowest BCUT2D eigenvalue weighted by atomic mass is 10.0. The maximum Gasteiger partial charge on any atom is 0.269 e. The maximum atomic E-state index is 13.8. The molecule has 4 rings (SSSR count). The Labute approximate surface area is 230 Å². The van der Waals surface area contributed by atoms with Crippen molar-refractivity contribution in [2.24, 2.45) is 0 Å². The monoisotopic (exact) mass is 569 g/mol. The van der Waals surface area contributed by atoms with Gasteiger partial charge < -0.3 is 20.9 Å². The smallest absolute Gasteiger partial charge is 0.269 e. The minimum atomic E-state index is -3.69. The van der Waals surface area contributed by atoms with Crippen molar-refractivity contribution in [3.8, 4) is 0 Å². The average molecular weight is 570 g/mol. The molecule has 1 heterocycles. The van der Waals surface area contributed by atoms with Gasteiger partial charge in [-0.3, -0.25) is 19.7 Å². The molecule has 40 heavy (non-hydrogen) atoms. The molecule has 2 amide bonds. The zero-order valence-electron chi connectivity index (χ0n) is 21.6. The molecule has 0 radical (unpaired) electrons. The highest BCUT2D eigenvalue weighted by Crippen LogP contribution is 2.28. The molecule has 0 aromatic heterocycles. The molecule has 0 bridgehead atoms. The molecule has 1 saturated heterocycles. The highest BCUT2D eigenvalue weighted by molar-refractivity contribution is 7.90. The van der Waals surface area contributed by atoms with Crippen molar-refractivity contribution in [2.45, 2.75) is 17.4 Å². The van der Waals surface area contributed by atoms with E-state index >= 15 is 0 Å². The van der Waals surface area contributed by atoms with Crippen molar-refractivity contribution in [2.75, 3.05) is 43.1 Å². The fourth-order valence-corrected chi connectivity index (χ4v) is 5.48. The van der Waals surface area contributed by atoms with Gasteiger partial charge in [-0.25, -0.2) is 12.8 Å². The van der Waals surface area contributed by atoms with Crippen molar-refractivity contribution in [3.63, 3.8) is 0 Å². The number of non-ortho nitro benzene ring substituents is 1. The van der Waals surface area contributed by atoms with Gasteiger partial charge in [-0.1, -0.05) is 30.3 Å². The quantitative estimate of drug-likeness (QED) is 0.238. The fourth-order valence-electron chi connectivity index (χ4n) is 4.57. The molecule has 0 aliphatic carbocycles. The Hall–Kier alpha value is -4.52. The molecular formula is C27H28FN5O6S. The summed E-state index contributed by atoms with van der Waals surface area (Å²) in [4.78, 5) is 40.4. The number of carbonyl (C=O) groups excluding carboxylic acids is 2. The number of rotatable bonds is 8. The molecule has 210 valence electrons. The van der Waals surface area contributed by atoms with Crippen LogP contribution in [0.5, 0.6) is 0 Å². The standard InChI is InChI=1S/C27H28FN5O6S/c1-40(38,39)24-17-20(28)7-10-23(24)31-11-13-32(14-12-31)27(35)26(18-5-3-2-4-6-18)30-25(34)16-19-15-21(33(36)37)8-9-22(19)29/h2-10,15,17,26H,11-14,16,29H2,1H3,(H,30,34).